The maximum absolute atomic E-state index is 10.4. The van der Waals surface area contributed by atoms with Gasteiger partial charge in [-0.05, 0) is 6.07 Å². The standard InChI is InChI=1S/C7H7N3O2/c8-5-9-6-3-1-2-4-7(6)10(11)12/h1-5H,(H2,8,9). The lowest BCUT2D eigenvalue weighted by molar-refractivity contribution is -0.384. The molecule has 5 nitrogen and oxygen atoms in total. The Morgan fingerprint density at radius 3 is 2.75 bits per heavy atom. The molecule has 12 heavy (non-hydrogen) atoms. The lowest BCUT2D eigenvalue weighted by Crippen LogP contribution is -1.90. The molecule has 0 saturated heterocycles. The molecular weight excluding hydrogens is 158 g/mol. The second-order valence-corrected chi connectivity index (χ2v) is 2.02. The molecular formula is C7H7N3O2. The van der Waals surface area contributed by atoms with Crippen LogP contribution in [0.4, 0.5) is 11.4 Å². The first-order valence-corrected chi connectivity index (χ1v) is 3.23. The largest absolute Gasteiger partial charge is 0.390 e. The second kappa shape index (κ2) is 3.47. The Bertz CT molecular complexity index is 322. The molecule has 5 heteroatoms. The van der Waals surface area contributed by atoms with Crippen LogP contribution in [0.5, 0.6) is 0 Å². The van der Waals surface area contributed by atoms with Gasteiger partial charge in [0.05, 0.1) is 11.3 Å². The first-order chi connectivity index (χ1) is 5.75. The Balaban J connectivity index is 3.17. The molecule has 0 bridgehead atoms. The Labute approximate surface area is 68.7 Å². The highest BCUT2D eigenvalue weighted by molar-refractivity contribution is 5.65. The number of hydrogen-bond acceptors (Lipinski definition) is 3. The van der Waals surface area contributed by atoms with Gasteiger partial charge in [0, 0.05) is 6.07 Å². The highest BCUT2D eigenvalue weighted by atomic mass is 16.6. The van der Waals surface area contributed by atoms with E-state index < -0.39 is 4.92 Å². The highest BCUT2D eigenvalue weighted by Gasteiger charge is 2.09. The molecule has 0 aliphatic carbocycles. The Kier molecular flexibility index (Phi) is 2.37. The fourth-order valence-electron chi connectivity index (χ4n) is 0.808. The zero-order valence-corrected chi connectivity index (χ0v) is 6.18. The topological polar surface area (TPSA) is 81.5 Å². The van der Waals surface area contributed by atoms with Crippen LogP contribution in [-0.2, 0) is 0 Å². The van der Waals surface area contributed by atoms with Crippen LogP contribution in [0, 0.1) is 10.1 Å². The summed E-state index contributed by atoms with van der Waals surface area (Å²) >= 11 is 0. The number of hydrogen-bond donors (Lipinski definition) is 1. The van der Waals surface area contributed by atoms with Crippen LogP contribution in [0.15, 0.2) is 29.3 Å². The number of benzene rings is 1. The molecule has 0 aliphatic heterocycles. The van der Waals surface area contributed by atoms with Crippen molar-refractivity contribution in [2.75, 3.05) is 0 Å². The quantitative estimate of drug-likeness (QED) is 0.309. The fourth-order valence-corrected chi connectivity index (χ4v) is 0.808. The average molecular weight is 165 g/mol. The van der Waals surface area contributed by atoms with Gasteiger partial charge in [-0.15, -0.1) is 0 Å². The lowest BCUT2D eigenvalue weighted by atomic mass is 10.3. The molecule has 0 heterocycles. The summed E-state index contributed by atoms with van der Waals surface area (Å²) in [7, 11) is 0. The predicted molar refractivity (Wildman–Crippen MR) is 45.4 cm³/mol. The molecule has 0 aliphatic rings. The number of para-hydroxylation sites is 2. The summed E-state index contributed by atoms with van der Waals surface area (Å²) in [6.45, 7) is 0. The Hall–Kier alpha value is -1.91. The molecule has 0 saturated carbocycles. The summed E-state index contributed by atoms with van der Waals surface area (Å²) in [5, 5.41) is 10.4. The first-order valence-electron chi connectivity index (χ1n) is 3.23. The van der Waals surface area contributed by atoms with E-state index in [0.717, 1.165) is 6.34 Å². The first kappa shape index (κ1) is 8.19. The van der Waals surface area contributed by atoms with E-state index in [4.69, 9.17) is 5.73 Å². The Morgan fingerprint density at radius 1 is 1.50 bits per heavy atom. The highest BCUT2D eigenvalue weighted by Crippen LogP contribution is 2.25. The van der Waals surface area contributed by atoms with Crippen molar-refractivity contribution in [3.8, 4) is 0 Å². The molecule has 0 fully saturated rings. The number of nitrogens with zero attached hydrogens (tertiary/aromatic N) is 2. The molecule has 0 atom stereocenters. The van der Waals surface area contributed by atoms with E-state index >= 15 is 0 Å². The zero-order valence-electron chi connectivity index (χ0n) is 6.18. The van der Waals surface area contributed by atoms with Gasteiger partial charge in [-0.3, -0.25) is 10.1 Å². The van der Waals surface area contributed by atoms with Gasteiger partial charge >= 0.3 is 0 Å². The SMILES string of the molecule is NC=Nc1ccccc1[N+](=O)[O-]. The van der Waals surface area contributed by atoms with Crippen molar-refractivity contribution < 1.29 is 4.92 Å². The summed E-state index contributed by atoms with van der Waals surface area (Å²) < 4.78 is 0. The normalized spacial score (nSPS) is 10.3. The van der Waals surface area contributed by atoms with Crippen molar-refractivity contribution in [1.29, 1.82) is 0 Å². The average Bonchev–Trinajstić information content (AvgIpc) is 2.05. The van der Waals surface area contributed by atoms with E-state index in [-0.39, 0.29) is 11.4 Å². The van der Waals surface area contributed by atoms with Crippen molar-refractivity contribution in [3.63, 3.8) is 0 Å². The van der Waals surface area contributed by atoms with Crippen molar-refractivity contribution >= 4 is 17.7 Å². The van der Waals surface area contributed by atoms with E-state index in [9.17, 15) is 10.1 Å². The van der Waals surface area contributed by atoms with Crippen molar-refractivity contribution in [1.82, 2.24) is 0 Å². The van der Waals surface area contributed by atoms with Crippen LogP contribution >= 0.6 is 0 Å². The van der Waals surface area contributed by atoms with E-state index in [1.807, 2.05) is 0 Å². The molecule has 0 radical (unpaired) electrons. The molecule has 0 amide bonds. The molecule has 0 aromatic heterocycles. The van der Waals surface area contributed by atoms with Crippen LogP contribution in [0.1, 0.15) is 0 Å². The third kappa shape index (κ3) is 1.57. The number of nitrogens with two attached hydrogens (primary N) is 1. The predicted octanol–water partition coefficient (Wildman–Crippen LogP) is 1.21. The van der Waals surface area contributed by atoms with Crippen LogP contribution in [-0.4, -0.2) is 11.3 Å². The third-order valence-corrected chi connectivity index (χ3v) is 1.29. The van der Waals surface area contributed by atoms with Crippen LogP contribution < -0.4 is 5.73 Å². The van der Waals surface area contributed by atoms with Gasteiger partial charge in [0.15, 0.2) is 0 Å². The van der Waals surface area contributed by atoms with Gasteiger partial charge in [0.2, 0.25) is 0 Å². The molecule has 62 valence electrons. The minimum Gasteiger partial charge on any atom is -0.390 e. The molecule has 0 unspecified atom stereocenters. The minimum absolute atomic E-state index is 0.0424. The van der Waals surface area contributed by atoms with Gasteiger partial charge in [0.25, 0.3) is 5.69 Å². The van der Waals surface area contributed by atoms with Gasteiger partial charge in [0.1, 0.15) is 5.69 Å². The molecule has 1 aromatic rings. The summed E-state index contributed by atoms with van der Waals surface area (Å²) in [6.07, 6.45) is 1.03. The minimum atomic E-state index is -0.498. The fraction of sp³-hybridized carbons (Fsp3) is 0. The molecule has 2 N–H and O–H groups in total. The van der Waals surface area contributed by atoms with Crippen molar-refractivity contribution in [3.05, 3.63) is 34.4 Å². The molecule has 1 rings (SSSR count). The van der Waals surface area contributed by atoms with E-state index in [0.29, 0.717) is 0 Å². The summed E-state index contributed by atoms with van der Waals surface area (Å²) in [5.74, 6) is 0. The van der Waals surface area contributed by atoms with Crippen LogP contribution in [0.2, 0.25) is 0 Å². The van der Waals surface area contributed by atoms with E-state index in [2.05, 4.69) is 4.99 Å². The summed E-state index contributed by atoms with van der Waals surface area (Å²) in [5.41, 5.74) is 5.24. The second-order valence-electron chi connectivity index (χ2n) is 2.02. The number of aliphatic imine (C=N–C) groups is 1. The van der Waals surface area contributed by atoms with Crippen molar-refractivity contribution in [2.24, 2.45) is 10.7 Å². The van der Waals surface area contributed by atoms with Gasteiger partial charge in [-0.1, -0.05) is 12.1 Å². The summed E-state index contributed by atoms with van der Waals surface area (Å²) in [4.78, 5) is 13.5. The lowest BCUT2D eigenvalue weighted by Gasteiger charge is -1.93. The maximum Gasteiger partial charge on any atom is 0.294 e. The van der Waals surface area contributed by atoms with Crippen LogP contribution in [0.25, 0.3) is 0 Å². The Morgan fingerprint density at radius 2 is 2.17 bits per heavy atom. The van der Waals surface area contributed by atoms with E-state index in [1.165, 1.54) is 12.1 Å². The van der Waals surface area contributed by atoms with Gasteiger partial charge < -0.3 is 5.73 Å². The van der Waals surface area contributed by atoms with Crippen molar-refractivity contribution in [2.45, 2.75) is 0 Å². The summed E-state index contributed by atoms with van der Waals surface area (Å²) in [6, 6.07) is 6.15. The number of rotatable bonds is 2. The maximum atomic E-state index is 10.4. The van der Waals surface area contributed by atoms with Gasteiger partial charge in [-0.2, -0.15) is 0 Å². The number of nitro benzene ring substituents is 1. The third-order valence-electron chi connectivity index (χ3n) is 1.29. The van der Waals surface area contributed by atoms with E-state index in [1.54, 1.807) is 12.1 Å². The number of nitro groups is 1. The van der Waals surface area contributed by atoms with Gasteiger partial charge in [-0.25, -0.2) is 4.99 Å². The molecule has 1 aromatic carbocycles. The molecule has 0 spiro atoms. The van der Waals surface area contributed by atoms with Crippen LogP contribution in [0.3, 0.4) is 0 Å². The smallest absolute Gasteiger partial charge is 0.294 e. The monoisotopic (exact) mass is 165 g/mol. The zero-order chi connectivity index (χ0) is 8.97.